The second-order valence-corrected chi connectivity index (χ2v) is 6.15. The number of benzene rings is 1. The van der Waals surface area contributed by atoms with E-state index in [4.69, 9.17) is 11.6 Å². The lowest BCUT2D eigenvalue weighted by molar-refractivity contribution is -0.385. The molecule has 0 aliphatic carbocycles. The van der Waals surface area contributed by atoms with E-state index in [2.05, 4.69) is 15.5 Å². The van der Waals surface area contributed by atoms with Crippen LogP contribution in [0.4, 0.5) is 15.8 Å². The smallest absolute Gasteiger partial charge is 0.318 e. The average molecular weight is 393 g/mol. The van der Waals surface area contributed by atoms with Crippen LogP contribution >= 0.6 is 11.6 Å². The summed E-state index contributed by atoms with van der Waals surface area (Å²) in [7, 11) is 1.51. The molecule has 0 bridgehead atoms. The quantitative estimate of drug-likeness (QED) is 0.530. The highest BCUT2D eigenvalue weighted by Gasteiger charge is 2.29. The number of hydrogen-bond donors (Lipinski definition) is 1. The summed E-state index contributed by atoms with van der Waals surface area (Å²) in [5, 5.41) is 21.9. The normalized spacial score (nSPS) is 10.8. The molecule has 0 atom stereocenters. The fraction of sp³-hybridized carbons (Fsp3) is 0.188. The fourth-order valence-electron chi connectivity index (χ4n) is 2.52. The summed E-state index contributed by atoms with van der Waals surface area (Å²) in [6.07, 6.45) is 2.80. The van der Waals surface area contributed by atoms with Crippen LogP contribution in [0.5, 0.6) is 0 Å². The van der Waals surface area contributed by atoms with Crippen molar-refractivity contribution in [1.29, 1.82) is 0 Å². The van der Waals surface area contributed by atoms with Crippen LogP contribution in [-0.2, 0) is 13.6 Å². The summed E-state index contributed by atoms with van der Waals surface area (Å²) in [6, 6.07) is 4.35. The van der Waals surface area contributed by atoms with E-state index in [1.165, 1.54) is 47.9 Å². The van der Waals surface area contributed by atoms with Crippen molar-refractivity contribution >= 4 is 28.9 Å². The number of amides is 1. The Bertz CT molecular complexity index is 1020. The standard InChI is InChI=1S/C16H14ClFN6O3/c1-9-15(24(26)27)14(21-22(9)2)16(25)20-10-6-19-23(7-10)8-11-12(17)4-3-5-13(11)18/h3-7H,8H2,1-2H3,(H,20,25). The Labute approximate surface area is 157 Å². The SMILES string of the molecule is Cc1c([N+](=O)[O-])c(C(=O)Nc2cnn(Cc3c(F)cccc3Cl)c2)nn1C. The van der Waals surface area contributed by atoms with Gasteiger partial charge in [-0.15, -0.1) is 0 Å². The molecule has 0 aliphatic rings. The maximum absolute atomic E-state index is 13.9. The third kappa shape index (κ3) is 3.65. The summed E-state index contributed by atoms with van der Waals surface area (Å²) in [5.41, 5.74) is 0.140. The van der Waals surface area contributed by atoms with Gasteiger partial charge in [-0.1, -0.05) is 17.7 Å². The van der Waals surface area contributed by atoms with Crippen molar-refractivity contribution in [2.75, 3.05) is 5.32 Å². The zero-order valence-corrected chi connectivity index (χ0v) is 15.1. The Morgan fingerprint density at radius 2 is 2.19 bits per heavy atom. The van der Waals surface area contributed by atoms with Crippen molar-refractivity contribution in [2.24, 2.45) is 7.05 Å². The van der Waals surface area contributed by atoms with E-state index in [1.807, 2.05) is 0 Å². The number of carbonyl (C=O) groups is 1. The lowest BCUT2D eigenvalue weighted by atomic mass is 10.2. The predicted molar refractivity (Wildman–Crippen MR) is 95.3 cm³/mol. The van der Waals surface area contributed by atoms with Crippen LogP contribution in [0.3, 0.4) is 0 Å². The van der Waals surface area contributed by atoms with Gasteiger partial charge in [-0.3, -0.25) is 24.3 Å². The molecule has 1 N–H and O–H groups in total. The maximum Gasteiger partial charge on any atom is 0.322 e. The molecule has 9 nitrogen and oxygen atoms in total. The monoisotopic (exact) mass is 392 g/mol. The molecule has 0 radical (unpaired) electrons. The highest BCUT2D eigenvalue weighted by molar-refractivity contribution is 6.31. The molecule has 140 valence electrons. The molecule has 3 aromatic rings. The van der Waals surface area contributed by atoms with Gasteiger partial charge in [0.25, 0.3) is 5.91 Å². The predicted octanol–water partition coefficient (Wildman–Crippen LogP) is 2.93. The fourth-order valence-corrected chi connectivity index (χ4v) is 2.74. The van der Waals surface area contributed by atoms with E-state index in [0.29, 0.717) is 0 Å². The number of aromatic nitrogens is 4. The van der Waals surface area contributed by atoms with E-state index in [1.54, 1.807) is 6.07 Å². The van der Waals surface area contributed by atoms with Crippen LogP contribution in [0.25, 0.3) is 0 Å². The molecule has 0 unspecified atom stereocenters. The molecule has 0 fully saturated rings. The average Bonchev–Trinajstić information content (AvgIpc) is 3.16. The van der Waals surface area contributed by atoms with Crippen molar-refractivity contribution in [3.05, 3.63) is 68.5 Å². The van der Waals surface area contributed by atoms with E-state index < -0.39 is 16.6 Å². The van der Waals surface area contributed by atoms with Gasteiger partial charge in [0.15, 0.2) is 0 Å². The van der Waals surface area contributed by atoms with Gasteiger partial charge in [-0.25, -0.2) is 4.39 Å². The van der Waals surface area contributed by atoms with Crippen molar-refractivity contribution < 1.29 is 14.1 Å². The van der Waals surface area contributed by atoms with E-state index in [0.717, 1.165) is 0 Å². The number of carbonyl (C=O) groups excluding carboxylic acids is 1. The van der Waals surface area contributed by atoms with Crippen LogP contribution in [0.15, 0.2) is 30.6 Å². The number of hydrogen-bond acceptors (Lipinski definition) is 5. The molecule has 1 amide bonds. The van der Waals surface area contributed by atoms with Gasteiger partial charge < -0.3 is 5.32 Å². The number of aryl methyl sites for hydroxylation is 1. The minimum absolute atomic E-state index is 0.0597. The van der Waals surface area contributed by atoms with Crippen molar-refractivity contribution in [2.45, 2.75) is 13.5 Å². The number of nitrogens with zero attached hydrogens (tertiary/aromatic N) is 5. The van der Waals surface area contributed by atoms with Gasteiger partial charge >= 0.3 is 5.69 Å². The largest absolute Gasteiger partial charge is 0.322 e. The van der Waals surface area contributed by atoms with E-state index >= 15 is 0 Å². The topological polar surface area (TPSA) is 108 Å². The highest BCUT2D eigenvalue weighted by Crippen LogP contribution is 2.24. The molecule has 0 saturated carbocycles. The third-order valence-electron chi connectivity index (χ3n) is 3.97. The number of rotatable bonds is 5. The van der Waals surface area contributed by atoms with Gasteiger partial charge in [0, 0.05) is 23.8 Å². The molecule has 2 aromatic heterocycles. The zero-order chi connectivity index (χ0) is 19.7. The Morgan fingerprint density at radius 3 is 2.85 bits per heavy atom. The number of nitrogens with one attached hydrogen (secondary N) is 1. The Morgan fingerprint density at radius 1 is 1.44 bits per heavy atom. The molecule has 2 heterocycles. The molecule has 11 heteroatoms. The first-order valence-electron chi connectivity index (χ1n) is 7.72. The Kier molecular flexibility index (Phi) is 4.91. The molecule has 3 rings (SSSR count). The van der Waals surface area contributed by atoms with E-state index in [-0.39, 0.29) is 39.9 Å². The summed E-state index contributed by atoms with van der Waals surface area (Å²) < 4.78 is 16.5. The number of halogens is 2. The van der Waals surface area contributed by atoms with E-state index in [9.17, 15) is 19.3 Å². The van der Waals surface area contributed by atoms with Gasteiger partial charge in [-0.2, -0.15) is 10.2 Å². The lowest BCUT2D eigenvalue weighted by Gasteiger charge is -2.05. The summed E-state index contributed by atoms with van der Waals surface area (Å²) in [5.74, 6) is -1.21. The third-order valence-corrected chi connectivity index (χ3v) is 4.33. The van der Waals surface area contributed by atoms with Gasteiger partial charge in [0.05, 0.1) is 23.4 Å². The molecule has 0 spiro atoms. The van der Waals surface area contributed by atoms with Crippen LogP contribution in [-0.4, -0.2) is 30.4 Å². The molecule has 0 saturated heterocycles. The maximum atomic E-state index is 13.9. The molecule has 0 aliphatic heterocycles. The van der Waals surface area contributed by atoms with Gasteiger partial charge in [0.1, 0.15) is 11.5 Å². The second kappa shape index (κ2) is 7.16. The van der Waals surface area contributed by atoms with Crippen LogP contribution in [0.1, 0.15) is 21.7 Å². The van der Waals surface area contributed by atoms with Crippen LogP contribution in [0, 0.1) is 22.9 Å². The molecular weight excluding hydrogens is 379 g/mol. The highest BCUT2D eigenvalue weighted by atomic mass is 35.5. The summed E-state index contributed by atoms with van der Waals surface area (Å²) in [4.78, 5) is 22.9. The summed E-state index contributed by atoms with van der Waals surface area (Å²) in [6.45, 7) is 1.56. The molecule has 27 heavy (non-hydrogen) atoms. The van der Waals surface area contributed by atoms with Gasteiger partial charge in [-0.05, 0) is 19.1 Å². The lowest BCUT2D eigenvalue weighted by Crippen LogP contribution is -2.14. The molecule has 1 aromatic carbocycles. The van der Waals surface area contributed by atoms with Crippen molar-refractivity contribution in [1.82, 2.24) is 19.6 Å². The second-order valence-electron chi connectivity index (χ2n) is 5.74. The van der Waals surface area contributed by atoms with Crippen molar-refractivity contribution in [3.63, 3.8) is 0 Å². The first-order chi connectivity index (χ1) is 12.8. The Balaban J connectivity index is 1.80. The van der Waals surface area contributed by atoms with Crippen LogP contribution < -0.4 is 5.32 Å². The van der Waals surface area contributed by atoms with Crippen LogP contribution in [0.2, 0.25) is 5.02 Å². The molecular formula is C16H14ClFN6O3. The minimum Gasteiger partial charge on any atom is -0.318 e. The zero-order valence-electron chi connectivity index (χ0n) is 14.3. The first kappa shape index (κ1) is 18.5. The van der Waals surface area contributed by atoms with Crippen molar-refractivity contribution in [3.8, 4) is 0 Å². The minimum atomic E-state index is -0.742. The number of nitro groups is 1. The van der Waals surface area contributed by atoms with Gasteiger partial charge in [0.2, 0.25) is 5.69 Å². The summed E-state index contributed by atoms with van der Waals surface area (Å²) >= 11 is 5.99. The first-order valence-corrected chi connectivity index (χ1v) is 8.10. The Hall–Kier alpha value is -3.27. The number of anilines is 1.